The standard InChI is InChI=1S/C11H12BrNO2/c1-3-13-9-6-10(15-2)8(12)4-7(9)5-11(13)14/h4,6H,3,5H2,1-2H3. The summed E-state index contributed by atoms with van der Waals surface area (Å²) in [5.41, 5.74) is 2.04. The second-order valence-electron chi connectivity index (χ2n) is 3.43. The van der Waals surface area contributed by atoms with Gasteiger partial charge < -0.3 is 9.64 Å². The SMILES string of the molecule is CCN1C(=O)Cc2cc(Br)c(OC)cc21. The lowest BCUT2D eigenvalue weighted by Gasteiger charge is -2.15. The smallest absolute Gasteiger partial charge is 0.231 e. The molecule has 15 heavy (non-hydrogen) atoms. The molecule has 0 unspecified atom stereocenters. The largest absolute Gasteiger partial charge is 0.495 e. The molecule has 4 heteroatoms. The van der Waals surface area contributed by atoms with E-state index >= 15 is 0 Å². The molecule has 1 aliphatic heterocycles. The third kappa shape index (κ3) is 1.63. The predicted octanol–water partition coefficient (Wildman–Crippen LogP) is 2.37. The van der Waals surface area contributed by atoms with Gasteiger partial charge in [0.25, 0.3) is 0 Å². The summed E-state index contributed by atoms with van der Waals surface area (Å²) in [5, 5.41) is 0. The number of hydrogen-bond donors (Lipinski definition) is 0. The van der Waals surface area contributed by atoms with Gasteiger partial charge in [-0.3, -0.25) is 4.79 Å². The molecule has 1 aliphatic rings. The number of nitrogens with zero attached hydrogens (tertiary/aromatic N) is 1. The Morgan fingerprint density at radius 1 is 1.53 bits per heavy atom. The van der Waals surface area contributed by atoms with Crippen LogP contribution in [0.15, 0.2) is 16.6 Å². The Balaban J connectivity index is 2.51. The van der Waals surface area contributed by atoms with Gasteiger partial charge in [-0.05, 0) is 34.5 Å². The highest BCUT2D eigenvalue weighted by Gasteiger charge is 2.27. The van der Waals surface area contributed by atoms with E-state index in [2.05, 4.69) is 15.9 Å². The summed E-state index contributed by atoms with van der Waals surface area (Å²) in [6, 6.07) is 3.87. The van der Waals surface area contributed by atoms with E-state index < -0.39 is 0 Å². The Hall–Kier alpha value is -1.03. The zero-order chi connectivity index (χ0) is 11.0. The fourth-order valence-electron chi connectivity index (χ4n) is 1.87. The number of carbonyl (C=O) groups is 1. The van der Waals surface area contributed by atoms with Crippen molar-refractivity contribution >= 4 is 27.5 Å². The Morgan fingerprint density at radius 3 is 2.87 bits per heavy atom. The third-order valence-electron chi connectivity index (χ3n) is 2.60. The number of methoxy groups -OCH3 is 1. The lowest BCUT2D eigenvalue weighted by molar-refractivity contribution is -0.117. The monoisotopic (exact) mass is 269 g/mol. The van der Waals surface area contributed by atoms with Crippen LogP contribution in [0, 0.1) is 0 Å². The first-order chi connectivity index (χ1) is 7.17. The number of hydrogen-bond acceptors (Lipinski definition) is 2. The van der Waals surface area contributed by atoms with Crippen molar-refractivity contribution < 1.29 is 9.53 Å². The fourth-order valence-corrected chi connectivity index (χ4v) is 2.43. The summed E-state index contributed by atoms with van der Waals surface area (Å²) in [5.74, 6) is 0.926. The Morgan fingerprint density at radius 2 is 2.27 bits per heavy atom. The van der Waals surface area contributed by atoms with Gasteiger partial charge >= 0.3 is 0 Å². The topological polar surface area (TPSA) is 29.5 Å². The number of carbonyl (C=O) groups excluding carboxylic acids is 1. The van der Waals surface area contributed by atoms with Crippen LogP contribution in [-0.2, 0) is 11.2 Å². The number of ether oxygens (including phenoxy) is 1. The number of rotatable bonds is 2. The minimum absolute atomic E-state index is 0.160. The molecule has 0 radical (unpaired) electrons. The number of likely N-dealkylation sites (N-methyl/N-ethyl adjacent to an activating group) is 1. The van der Waals surface area contributed by atoms with Crippen molar-refractivity contribution in [3.63, 3.8) is 0 Å². The molecule has 0 aliphatic carbocycles. The summed E-state index contributed by atoms with van der Waals surface area (Å²) in [6.07, 6.45) is 0.492. The lowest BCUT2D eigenvalue weighted by Crippen LogP contribution is -2.25. The summed E-state index contributed by atoms with van der Waals surface area (Å²) >= 11 is 3.42. The van der Waals surface area contributed by atoms with Crippen LogP contribution < -0.4 is 9.64 Å². The van der Waals surface area contributed by atoms with Gasteiger partial charge in [-0.2, -0.15) is 0 Å². The number of halogens is 1. The number of benzene rings is 1. The molecule has 1 aromatic rings. The van der Waals surface area contributed by atoms with E-state index in [4.69, 9.17) is 4.74 Å². The van der Waals surface area contributed by atoms with E-state index in [0.29, 0.717) is 13.0 Å². The number of amides is 1. The predicted molar refractivity (Wildman–Crippen MR) is 62.4 cm³/mol. The second kappa shape index (κ2) is 3.85. The van der Waals surface area contributed by atoms with Crippen LogP contribution in [0.5, 0.6) is 5.75 Å². The Labute approximate surface area is 97.2 Å². The molecule has 0 N–H and O–H groups in total. The minimum atomic E-state index is 0.160. The van der Waals surface area contributed by atoms with Crippen LogP contribution in [0.2, 0.25) is 0 Å². The molecule has 1 aromatic carbocycles. The van der Waals surface area contributed by atoms with Crippen molar-refractivity contribution in [3.05, 3.63) is 22.2 Å². The van der Waals surface area contributed by atoms with Crippen molar-refractivity contribution in [1.82, 2.24) is 0 Å². The van der Waals surface area contributed by atoms with Gasteiger partial charge in [-0.25, -0.2) is 0 Å². The first-order valence-corrected chi connectivity index (χ1v) is 5.63. The molecule has 0 saturated carbocycles. The van der Waals surface area contributed by atoms with E-state index in [9.17, 15) is 4.79 Å². The maximum absolute atomic E-state index is 11.6. The maximum atomic E-state index is 11.6. The highest BCUT2D eigenvalue weighted by atomic mass is 79.9. The van der Waals surface area contributed by atoms with Gasteiger partial charge in [0.15, 0.2) is 0 Å². The van der Waals surface area contributed by atoms with Crippen LogP contribution in [0.1, 0.15) is 12.5 Å². The molecule has 0 spiro atoms. The molecule has 0 atom stereocenters. The molecule has 1 heterocycles. The first kappa shape index (κ1) is 10.5. The third-order valence-corrected chi connectivity index (χ3v) is 3.22. The second-order valence-corrected chi connectivity index (χ2v) is 4.28. The fraction of sp³-hybridized carbons (Fsp3) is 0.364. The van der Waals surface area contributed by atoms with Crippen molar-refractivity contribution in [2.45, 2.75) is 13.3 Å². The Kier molecular flexibility index (Phi) is 2.69. The lowest BCUT2D eigenvalue weighted by atomic mass is 10.1. The van der Waals surface area contributed by atoms with E-state index in [0.717, 1.165) is 21.5 Å². The van der Waals surface area contributed by atoms with Crippen molar-refractivity contribution in [1.29, 1.82) is 0 Å². The number of anilines is 1. The molecular weight excluding hydrogens is 258 g/mol. The summed E-state index contributed by atoms with van der Waals surface area (Å²) in [6.45, 7) is 2.68. The average molecular weight is 270 g/mol. The molecule has 80 valence electrons. The molecule has 0 fully saturated rings. The molecule has 3 nitrogen and oxygen atoms in total. The van der Waals surface area contributed by atoms with Gasteiger partial charge in [0.1, 0.15) is 5.75 Å². The van der Waals surface area contributed by atoms with E-state index in [1.54, 1.807) is 12.0 Å². The maximum Gasteiger partial charge on any atom is 0.231 e. The van der Waals surface area contributed by atoms with Crippen LogP contribution in [0.25, 0.3) is 0 Å². The molecule has 1 amide bonds. The molecule has 2 rings (SSSR count). The number of fused-ring (bicyclic) bond motifs is 1. The normalized spacial score (nSPS) is 14.3. The van der Waals surface area contributed by atoms with Gasteiger partial charge in [-0.1, -0.05) is 0 Å². The van der Waals surface area contributed by atoms with E-state index in [-0.39, 0.29) is 5.91 Å². The van der Waals surface area contributed by atoms with Gasteiger partial charge in [-0.15, -0.1) is 0 Å². The van der Waals surface area contributed by atoms with Crippen LogP contribution in [-0.4, -0.2) is 19.6 Å². The minimum Gasteiger partial charge on any atom is -0.495 e. The summed E-state index contributed by atoms with van der Waals surface area (Å²) in [4.78, 5) is 13.4. The van der Waals surface area contributed by atoms with Gasteiger partial charge in [0, 0.05) is 12.6 Å². The van der Waals surface area contributed by atoms with Crippen LogP contribution >= 0.6 is 15.9 Å². The Bertz CT molecular complexity index is 417. The van der Waals surface area contributed by atoms with Crippen molar-refractivity contribution in [2.75, 3.05) is 18.6 Å². The summed E-state index contributed by atoms with van der Waals surface area (Å²) in [7, 11) is 1.62. The van der Waals surface area contributed by atoms with Gasteiger partial charge in [0.05, 0.1) is 23.7 Å². The zero-order valence-corrected chi connectivity index (χ0v) is 10.3. The average Bonchev–Trinajstić information content (AvgIpc) is 2.51. The van der Waals surface area contributed by atoms with Crippen molar-refractivity contribution in [3.8, 4) is 5.75 Å². The zero-order valence-electron chi connectivity index (χ0n) is 8.71. The van der Waals surface area contributed by atoms with Gasteiger partial charge in [0.2, 0.25) is 5.91 Å². The molecule has 0 aromatic heterocycles. The van der Waals surface area contributed by atoms with E-state index in [1.165, 1.54) is 0 Å². The van der Waals surface area contributed by atoms with Crippen molar-refractivity contribution in [2.24, 2.45) is 0 Å². The molecular formula is C11H12BrNO2. The van der Waals surface area contributed by atoms with Crippen LogP contribution in [0.3, 0.4) is 0 Å². The molecule has 0 bridgehead atoms. The quantitative estimate of drug-likeness (QED) is 0.825. The highest BCUT2D eigenvalue weighted by Crippen LogP contribution is 2.37. The highest BCUT2D eigenvalue weighted by molar-refractivity contribution is 9.10. The van der Waals surface area contributed by atoms with E-state index in [1.807, 2.05) is 19.1 Å². The summed E-state index contributed by atoms with van der Waals surface area (Å²) < 4.78 is 6.11. The first-order valence-electron chi connectivity index (χ1n) is 4.84. The van der Waals surface area contributed by atoms with Crippen LogP contribution in [0.4, 0.5) is 5.69 Å². The molecule has 0 saturated heterocycles.